The smallest absolute Gasteiger partial charge is 0.335 e. The number of aryl methyl sites for hydroxylation is 2. The molecule has 0 fully saturated rings. The molecule has 0 spiro atoms. The van der Waals surface area contributed by atoms with Gasteiger partial charge in [0, 0.05) is 12.6 Å². The van der Waals surface area contributed by atoms with Gasteiger partial charge in [-0.2, -0.15) is 0 Å². The molecule has 21 heavy (non-hydrogen) atoms. The highest BCUT2D eigenvalue weighted by molar-refractivity contribution is 5.99. The van der Waals surface area contributed by atoms with Gasteiger partial charge >= 0.3 is 5.97 Å². The van der Waals surface area contributed by atoms with Gasteiger partial charge in [0.2, 0.25) is 0 Å². The van der Waals surface area contributed by atoms with Crippen LogP contribution < -0.4 is 5.32 Å². The van der Waals surface area contributed by atoms with Crippen molar-refractivity contribution in [3.63, 3.8) is 0 Å². The van der Waals surface area contributed by atoms with Crippen LogP contribution in [0.3, 0.4) is 0 Å². The first-order valence-electron chi connectivity index (χ1n) is 6.60. The fourth-order valence-electron chi connectivity index (χ4n) is 2.23. The van der Waals surface area contributed by atoms with E-state index in [4.69, 9.17) is 0 Å². The number of carbonyl (C=O) groups excluding carboxylic acids is 1. The van der Waals surface area contributed by atoms with E-state index < -0.39 is 5.97 Å². The van der Waals surface area contributed by atoms with Crippen molar-refractivity contribution in [2.75, 3.05) is 7.05 Å². The van der Waals surface area contributed by atoms with Crippen LogP contribution in [0.1, 0.15) is 31.8 Å². The third-order valence-corrected chi connectivity index (χ3v) is 3.37. The van der Waals surface area contributed by atoms with Crippen molar-refractivity contribution in [1.29, 1.82) is 0 Å². The maximum Gasteiger partial charge on any atom is 0.335 e. The van der Waals surface area contributed by atoms with Crippen LogP contribution in [0.5, 0.6) is 0 Å². The molecule has 4 nitrogen and oxygen atoms in total. The topological polar surface area (TPSA) is 66.4 Å². The van der Waals surface area contributed by atoms with Crippen molar-refractivity contribution in [3.8, 4) is 11.1 Å². The Morgan fingerprint density at radius 1 is 1.00 bits per heavy atom. The Morgan fingerprint density at radius 2 is 1.67 bits per heavy atom. The van der Waals surface area contributed by atoms with Gasteiger partial charge in [0.15, 0.2) is 0 Å². The molecule has 0 aliphatic rings. The van der Waals surface area contributed by atoms with Crippen molar-refractivity contribution in [3.05, 3.63) is 58.7 Å². The molecule has 2 N–H and O–H groups in total. The molecule has 0 heterocycles. The molecule has 0 unspecified atom stereocenters. The summed E-state index contributed by atoms with van der Waals surface area (Å²) in [6, 6.07) is 10.7. The van der Waals surface area contributed by atoms with Crippen LogP contribution >= 0.6 is 0 Å². The summed E-state index contributed by atoms with van der Waals surface area (Å²) in [5, 5.41) is 11.7. The summed E-state index contributed by atoms with van der Waals surface area (Å²) in [5.74, 6) is -1.35. The number of hydrogen-bond donors (Lipinski definition) is 2. The van der Waals surface area contributed by atoms with E-state index in [1.807, 2.05) is 32.0 Å². The summed E-state index contributed by atoms with van der Waals surface area (Å²) in [4.78, 5) is 23.1. The molecular formula is C17H17NO3. The van der Waals surface area contributed by atoms with Crippen molar-refractivity contribution in [2.45, 2.75) is 13.8 Å². The zero-order valence-electron chi connectivity index (χ0n) is 12.2. The van der Waals surface area contributed by atoms with Gasteiger partial charge in [-0.15, -0.1) is 0 Å². The quantitative estimate of drug-likeness (QED) is 0.910. The second kappa shape index (κ2) is 5.79. The van der Waals surface area contributed by atoms with Crippen LogP contribution in [0, 0.1) is 13.8 Å². The lowest BCUT2D eigenvalue weighted by Gasteiger charge is -2.11. The number of carboxylic acid groups (broad SMARTS) is 1. The summed E-state index contributed by atoms with van der Waals surface area (Å²) in [7, 11) is 1.52. The molecule has 108 valence electrons. The van der Waals surface area contributed by atoms with Crippen molar-refractivity contribution in [2.24, 2.45) is 0 Å². The average molecular weight is 283 g/mol. The van der Waals surface area contributed by atoms with E-state index in [1.54, 1.807) is 12.1 Å². The Labute approximate surface area is 123 Å². The minimum absolute atomic E-state index is 0.104. The van der Waals surface area contributed by atoms with Gasteiger partial charge in [0.1, 0.15) is 0 Å². The number of carboxylic acids is 1. The van der Waals surface area contributed by atoms with Crippen LogP contribution in [0.15, 0.2) is 36.4 Å². The zero-order chi connectivity index (χ0) is 15.6. The second-order valence-electron chi connectivity index (χ2n) is 5.00. The number of rotatable bonds is 3. The summed E-state index contributed by atoms with van der Waals surface area (Å²) < 4.78 is 0. The zero-order valence-corrected chi connectivity index (χ0v) is 12.2. The van der Waals surface area contributed by atoms with Crippen LogP contribution in [0.4, 0.5) is 0 Å². The van der Waals surface area contributed by atoms with Gasteiger partial charge in [-0.1, -0.05) is 23.8 Å². The van der Waals surface area contributed by atoms with E-state index in [1.165, 1.54) is 13.1 Å². The fourth-order valence-corrected chi connectivity index (χ4v) is 2.23. The Morgan fingerprint density at radius 3 is 2.29 bits per heavy atom. The lowest BCUT2D eigenvalue weighted by Crippen LogP contribution is -2.18. The molecule has 2 aromatic carbocycles. The summed E-state index contributed by atoms with van der Waals surface area (Å²) in [6.45, 7) is 3.94. The van der Waals surface area contributed by atoms with E-state index in [-0.39, 0.29) is 11.5 Å². The molecular weight excluding hydrogens is 266 g/mol. The highest BCUT2D eigenvalue weighted by Gasteiger charge is 2.13. The van der Waals surface area contributed by atoms with E-state index in [2.05, 4.69) is 5.32 Å². The number of carbonyl (C=O) groups is 2. The summed E-state index contributed by atoms with van der Waals surface area (Å²) >= 11 is 0. The summed E-state index contributed by atoms with van der Waals surface area (Å²) in [5.41, 5.74) is 4.22. The first-order chi connectivity index (χ1) is 9.92. The normalized spacial score (nSPS) is 10.2. The molecule has 2 aromatic rings. The molecule has 0 aliphatic carbocycles. The van der Waals surface area contributed by atoms with Gasteiger partial charge in [0.25, 0.3) is 5.91 Å². The van der Waals surface area contributed by atoms with Crippen LogP contribution in [-0.4, -0.2) is 24.0 Å². The molecule has 0 saturated carbocycles. The van der Waals surface area contributed by atoms with Gasteiger partial charge in [-0.25, -0.2) is 4.79 Å². The third-order valence-electron chi connectivity index (χ3n) is 3.37. The largest absolute Gasteiger partial charge is 0.478 e. The lowest BCUT2D eigenvalue weighted by molar-refractivity contribution is 0.0697. The number of aromatic carboxylic acids is 1. The Kier molecular flexibility index (Phi) is 4.08. The standard InChI is InChI=1S/C17H17NO3/c1-10-4-5-11(2)15(6-10)12-7-13(16(19)18-3)9-14(8-12)17(20)21/h4-9H,1-3H3,(H,18,19)(H,20,21). The number of amides is 1. The van der Waals surface area contributed by atoms with Gasteiger partial charge in [0.05, 0.1) is 5.56 Å². The maximum atomic E-state index is 11.8. The van der Waals surface area contributed by atoms with Crippen LogP contribution in [0.25, 0.3) is 11.1 Å². The third kappa shape index (κ3) is 3.11. The molecule has 4 heteroatoms. The monoisotopic (exact) mass is 283 g/mol. The van der Waals surface area contributed by atoms with Gasteiger partial charge < -0.3 is 10.4 Å². The Hall–Kier alpha value is -2.62. The summed E-state index contributed by atoms with van der Waals surface area (Å²) in [6.07, 6.45) is 0. The number of nitrogens with one attached hydrogen (secondary N) is 1. The average Bonchev–Trinajstić information content (AvgIpc) is 2.48. The molecule has 0 bridgehead atoms. The molecule has 0 aliphatic heterocycles. The van der Waals surface area contributed by atoms with E-state index in [9.17, 15) is 14.7 Å². The molecule has 0 saturated heterocycles. The second-order valence-corrected chi connectivity index (χ2v) is 5.00. The minimum Gasteiger partial charge on any atom is -0.478 e. The highest BCUT2D eigenvalue weighted by Crippen LogP contribution is 2.27. The van der Waals surface area contributed by atoms with Crippen LogP contribution in [-0.2, 0) is 0 Å². The maximum absolute atomic E-state index is 11.8. The van der Waals surface area contributed by atoms with Gasteiger partial charge in [-0.05, 0) is 48.7 Å². The first-order valence-corrected chi connectivity index (χ1v) is 6.60. The number of benzene rings is 2. The Balaban J connectivity index is 2.67. The number of hydrogen-bond acceptors (Lipinski definition) is 2. The van der Waals surface area contributed by atoms with E-state index >= 15 is 0 Å². The van der Waals surface area contributed by atoms with E-state index in [0.29, 0.717) is 5.56 Å². The molecule has 0 aromatic heterocycles. The molecule has 0 atom stereocenters. The van der Waals surface area contributed by atoms with Crippen molar-refractivity contribution in [1.82, 2.24) is 5.32 Å². The van der Waals surface area contributed by atoms with Gasteiger partial charge in [-0.3, -0.25) is 4.79 Å². The first kappa shape index (κ1) is 14.8. The highest BCUT2D eigenvalue weighted by atomic mass is 16.4. The van der Waals surface area contributed by atoms with Crippen molar-refractivity contribution >= 4 is 11.9 Å². The van der Waals surface area contributed by atoms with Crippen molar-refractivity contribution < 1.29 is 14.7 Å². The minimum atomic E-state index is -1.05. The molecule has 2 rings (SSSR count). The molecule has 0 radical (unpaired) electrons. The Bertz CT molecular complexity index is 720. The van der Waals surface area contributed by atoms with E-state index in [0.717, 1.165) is 22.3 Å². The van der Waals surface area contributed by atoms with Crippen LogP contribution in [0.2, 0.25) is 0 Å². The predicted molar refractivity (Wildman–Crippen MR) is 81.7 cm³/mol. The fraction of sp³-hybridized carbons (Fsp3) is 0.176. The SMILES string of the molecule is CNC(=O)c1cc(C(=O)O)cc(-c2cc(C)ccc2C)c1. The predicted octanol–water partition coefficient (Wildman–Crippen LogP) is 3.03. The molecule has 1 amide bonds. The lowest BCUT2D eigenvalue weighted by atomic mass is 9.95.